The van der Waals surface area contributed by atoms with Crippen molar-refractivity contribution >= 4 is 22.6 Å². The van der Waals surface area contributed by atoms with Gasteiger partial charge in [-0.3, -0.25) is 0 Å². The summed E-state index contributed by atoms with van der Waals surface area (Å²) in [6.45, 7) is 21.5. The third kappa shape index (κ3) is 4.91. The van der Waals surface area contributed by atoms with Gasteiger partial charge in [-0.15, -0.1) is 4.98 Å². The molecular weight excluding hydrogens is 324 g/mol. The van der Waals surface area contributed by atoms with Gasteiger partial charge in [-0.1, -0.05) is 41.5 Å². The van der Waals surface area contributed by atoms with E-state index in [-0.39, 0.29) is 28.0 Å². The van der Waals surface area contributed by atoms with E-state index in [2.05, 4.69) is 82.7 Å². The Bertz CT molecular complexity index is 517. The van der Waals surface area contributed by atoms with Crippen LogP contribution < -0.4 is 14.6 Å². The van der Waals surface area contributed by atoms with Gasteiger partial charge < -0.3 is 14.6 Å². The minimum atomic E-state index is -2.04. The van der Waals surface area contributed by atoms with Crippen LogP contribution in [0.1, 0.15) is 41.5 Å². The van der Waals surface area contributed by atoms with Gasteiger partial charge in [0.1, 0.15) is 0 Å². The summed E-state index contributed by atoms with van der Waals surface area (Å²) in [4.78, 5) is 12.6. The number of hydrogen-bond donors (Lipinski definition) is 1. The Balaban J connectivity index is 3.10. The molecule has 2 N–H and O–H groups in total. The maximum absolute atomic E-state index is 6.12. The first-order chi connectivity index (χ1) is 10.1. The lowest BCUT2D eigenvalue weighted by molar-refractivity contribution is 0.421. The molecule has 8 heteroatoms. The minimum absolute atomic E-state index is 0.0504. The summed E-state index contributed by atoms with van der Waals surface area (Å²) in [5.41, 5.74) is 5.82. The predicted octanol–water partition coefficient (Wildman–Crippen LogP) is 4.22. The number of aromatic nitrogens is 3. The van der Waals surface area contributed by atoms with Crippen LogP contribution in [-0.4, -0.2) is 31.6 Å². The van der Waals surface area contributed by atoms with Crippen LogP contribution in [0.5, 0.6) is 12.0 Å². The van der Waals surface area contributed by atoms with Crippen molar-refractivity contribution in [2.75, 3.05) is 5.73 Å². The van der Waals surface area contributed by atoms with E-state index in [0.717, 1.165) is 0 Å². The van der Waals surface area contributed by atoms with Crippen molar-refractivity contribution in [2.45, 2.75) is 77.8 Å². The highest BCUT2D eigenvalue weighted by Gasteiger charge is 2.41. The van der Waals surface area contributed by atoms with Gasteiger partial charge in [0.2, 0.25) is 5.95 Å². The number of nitrogens with two attached hydrogens (primary N) is 1. The molecule has 0 aliphatic heterocycles. The fraction of sp³-hybridized carbons (Fsp3) is 0.800. The Morgan fingerprint density at radius 3 is 1.26 bits per heavy atom. The normalized spacial score (nSPS) is 13.8. The Morgan fingerprint density at radius 2 is 1.00 bits per heavy atom. The predicted molar refractivity (Wildman–Crippen MR) is 99.9 cm³/mol. The van der Waals surface area contributed by atoms with Crippen LogP contribution >= 0.6 is 0 Å². The molecule has 0 aromatic carbocycles. The van der Waals surface area contributed by atoms with Gasteiger partial charge in [0.05, 0.1) is 0 Å². The Hall–Kier alpha value is -1.16. The zero-order valence-corrected chi connectivity index (χ0v) is 18.2. The second-order valence-electron chi connectivity index (χ2n) is 8.98. The van der Waals surface area contributed by atoms with Crippen LogP contribution in [0.4, 0.5) is 5.95 Å². The quantitative estimate of drug-likeness (QED) is 0.813. The SMILES string of the molecule is CC(C)(C)[Si](C)(C)Oc1nc(N)nc(O[Si](C)(C)C(C)(C)C)n1. The first-order valence-electron chi connectivity index (χ1n) is 7.95. The van der Waals surface area contributed by atoms with Crippen molar-refractivity contribution in [3.8, 4) is 12.0 Å². The fourth-order valence-electron chi connectivity index (χ4n) is 1.21. The summed E-state index contributed by atoms with van der Waals surface area (Å²) in [6, 6.07) is 0.524. The number of nitrogen functional groups attached to an aromatic ring is 1. The molecule has 0 atom stereocenters. The number of hydrogen-bond acceptors (Lipinski definition) is 6. The van der Waals surface area contributed by atoms with Gasteiger partial charge in [0.15, 0.2) is 0 Å². The maximum Gasteiger partial charge on any atom is 0.310 e. The van der Waals surface area contributed by atoms with E-state index in [0.29, 0.717) is 0 Å². The molecule has 0 aliphatic carbocycles. The van der Waals surface area contributed by atoms with E-state index in [9.17, 15) is 0 Å². The maximum atomic E-state index is 6.12. The van der Waals surface area contributed by atoms with Crippen LogP contribution in [0.2, 0.25) is 36.3 Å². The average molecular weight is 357 g/mol. The molecule has 0 spiro atoms. The summed E-state index contributed by atoms with van der Waals surface area (Å²) in [7, 11) is -4.08. The molecule has 1 aromatic rings. The molecule has 0 saturated carbocycles. The lowest BCUT2D eigenvalue weighted by Gasteiger charge is -2.36. The molecule has 23 heavy (non-hydrogen) atoms. The lowest BCUT2D eigenvalue weighted by Crippen LogP contribution is -2.45. The van der Waals surface area contributed by atoms with E-state index >= 15 is 0 Å². The monoisotopic (exact) mass is 356 g/mol. The van der Waals surface area contributed by atoms with Crippen LogP contribution in [-0.2, 0) is 0 Å². The molecule has 0 fully saturated rings. The van der Waals surface area contributed by atoms with Crippen molar-refractivity contribution in [3.05, 3.63) is 0 Å². The summed E-state index contributed by atoms with van der Waals surface area (Å²) >= 11 is 0. The third-order valence-corrected chi connectivity index (χ3v) is 13.5. The second-order valence-corrected chi connectivity index (χ2v) is 18.4. The summed E-state index contributed by atoms with van der Waals surface area (Å²) in [6.07, 6.45) is 0. The zero-order valence-electron chi connectivity index (χ0n) is 16.2. The van der Waals surface area contributed by atoms with Crippen molar-refractivity contribution < 1.29 is 8.85 Å². The zero-order chi connectivity index (χ0) is 18.3. The highest BCUT2D eigenvalue weighted by atomic mass is 28.4. The highest BCUT2D eigenvalue weighted by Crippen LogP contribution is 2.38. The van der Waals surface area contributed by atoms with E-state index in [4.69, 9.17) is 14.6 Å². The fourth-order valence-corrected chi connectivity index (χ4v) is 2.91. The molecule has 1 aromatic heterocycles. The molecule has 0 aliphatic rings. The van der Waals surface area contributed by atoms with Crippen LogP contribution in [0, 0.1) is 0 Å². The standard InChI is InChI=1S/C15H32N4O2Si2/c1-14(2,3)22(7,8)20-12-17-11(16)18-13(19-12)21-23(9,10)15(4,5)6/h1-10H3,(H2,16,17,18,19). The number of anilines is 1. The molecule has 0 saturated heterocycles. The first kappa shape index (κ1) is 19.9. The first-order valence-corrected chi connectivity index (χ1v) is 13.8. The lowest BCUT2D eigenvalue weighted by atomic mass is 10.2. The van der Waals surface area contributed by atoms with Crippen LogP contribution in [0.25, 0.3) is 0 Å². The molecule has 1 rings (SSSR count). The van der Waals surface area contributed by atoms with Crippen molar-refractivity contribution in [1.82, 2.24) is 15.0 Å². The Labute approximate surface area is 142 Å². The summed E-state index contributed by atoms with van der Waals surface area (Å²) in [5, 5.41) is 0.101. The molecule has 132 valence electrons. The second kappa shape index (κ2) is 6.05. The van der Waals surface area contributed by atoms with Gasteiger partial charge in [-0.25, -0.2) is 0 Å². The van der Waals surface area contributed by atoms with E-state index in [1.165, 1.54) is 0 Å². The largest absolute Gasteiger partial charge is 0.517 e. The topological polar surface area (TPSA) is 83.2 Å². The summed E-state index contributed by atoms with van der Waals surface area (Å²) < 4.78 is 12.2. The van der Waals surface area contributed by atoms with E-state index < -0.39 is 16.6 Å². The van der Waals surface area contributed by atoms with E-state index in [1.807, 2.05) is 0 Å². The van der Waals surface area contributed by atoms with Crippen LogP contribution in [0.15, 0.2) is 0 Å². The molecule has 0 bridgehead atoms. The molecule has 0 amide bonds. The van der Waals surface area contributed by atoms with Crippen molar-refractivity contribution in [2.24, 2.45) is 0 Å². The molecular formula is C15H32N4O2Si2. The summed E-state index contributed by atoms with van der Waals surface area (Å²) in [5.74, 6) is 0.127. The molecule has 6 nitrogen and oxygen atoms in total. The Kier molecular flexibility index (Phi) is 5.23. The van der Waals surface area contributed by atoms with Gasteiger partial charge in [-0.05, 0) is 36.3 Å². The highest BCUT2D eigenvalue weighted by molar-refractivity contribution is 6.75. The minimum Gasteiger partial charge on any atom is -0.517 e. The number of nitrogens with zero attached hydrogens (tertiary/aromatic N) is 3. The van der Waals surface area contributed by atoms with E-state index in [1.54, 1.807) is 0 Å². The molecule has 0 unspecified atom stereocenters. The Morgan fingerprint density at radius 1 is 0.696 bits per heavy atom. The molecule has 0 radical (unpaired) electrons. The third-order valence-electron chi connectivity index (χ3n) is 4.92. The van der Waals surface area contributed by atoms with Gasteiger partial charge >= 0.3 is 12.0 Å². The van der Waals surface area contributed by atoms with Gasteiger partial charge in [0, 0.05) is 0 Å². The average Bonchev–Trinajstić information content (AvgIpc) is 2.22. The number of rotatable bonds is 4. The van der Waals surface area contributed by atoms with Crippen molar-refractivity contribution in [1.29, 1.82) is 0 Å². The van der Waals surface area contributed by atoms with Gasteiger partial charge in [0.25, 0.3) is 16.6 Å². The van der Waals surface area contributed by atoms with Gasteiger partial charge in [-0.2, -0.15) is 9.97 Å². The smallest absolute Gasteiger partial charge is 0.310 e. The van der Waals surface area contributed by atoms with Crippen molar-refractivity contribution in [3.63, 3.8) is 0 Å². The molecule has 1 heterocycles. The van der Waals surface area contributed by atoms with Crippen LogP contribution in [0.3, 0.4) is 0 Å².